The molecule has 2 N–H and O–H groups in total. The highest BCUT2D eigenvalue weighted by Crippen LogP contribution is 2.19. The monoisotopic (exact) mass is 520 g/mol. The second-order valence-corrected chi connectivity index (χ2v) is 9.14. The van der Waals surface area contributed by atoms with E-state index in [0.717, 1.165) is 24.0 Å². The molecule has 0 aliphatic rings. The van der Waals surface area contributed by atoms with Crippen molar-refractivity contribution in [2.24, 2.45) is 5.92 Å². The molecule has 0 bridgehead atoms. The third-order valence-corrected chi connectivity index (χ3v) is 6.15. The number of nitrogens with zero attached hydrogens (tertiary/aromatic N) is 1. The van der Waals surface area contributed by atoms with Gasteiger partial charge in [-0.25, -0.2) is 0 Å². The first-order valence-corrected chi connectivity index (χ1v) is 13.1. The van der Waals surface area contributed by atoms with Crippen LogP contribution in [0.2, 0.25) is 0 Å². The third-order valence-electron chi connectivity index (χ3n) is 6.15. The van der Waals surface area contributed by atoms with E-state index in [1.807, 2.05) is 66.7 Å². The molecule has 2 atom stereocenters. The molecule has 2 unspecified atom stereocenters. The van der Waals surface area contributed by atoms with Crippen molar-refractivity contribution in [3.05, 3.63) is 97.1 Å². The Hall–Kier alpha value is -3.71. The molecule has 2 rings (SSSR count). The zero-order valence-electron chi connectivity index (χ0n) is 22.1. The zero-order chi connectivity index (χ0) is 27.6. The van der Waals surface area contributed by atoms with Gasteiger partial charge in [-0.2, -0.15) is 0 Å². The minimum atomic E-state index is -0.655. The number of aliphatic hydroxyl groups excluding tert-OH is 1. The molecule has 0 fully saturated rings. The number of unbranched alkanes of at least 4 members (excludes halogenated alkanes) is 2. The highest BCUT2D eigenvalue weighted by Gasteiger charge is 2.27. The number of carbonyl (C=O) groups is 3. The summed E-state index contributed by atoms with van der Waals surface area (Å²) in [4.78, 5) is 40.3. The summed E-state index contributed by atoms with van der Waals surface area (Å²) in [6.07, 6.45) is 6.44. The Morgan fingerprint density at radius 1 is 0.974 bits per heavy atom. The first-order chi connectivity index (χ1) is 18.5. The average molecular weight is 521 g/mol. The van der Waals surface area contributed by atoms with Crippen LogP contribution in [-0.4, -0.2) is 47.5 Å². The highest BCUT2D eigenvalue weighted by atomic mass is 16.5. The number of esters is 1. The minimum Gasteiger partial charge on any atom is -0.463 e. The smallest absolute Gasteiger partial charge is 0.305 e. The second-order valence-electron chi connectivity index (χ2n) is 9.14. The molecule has 204 valence electrons. The van der Waals surface area contributed by atoms with Crippen LogP contribution < -0.4 is 5.32 Å². The van der Waals surface area contributed by atoms with Gasteiger partial charge >= 0.3 is 5.97 Å². The fraction of sp³-hybridized carbons (Fsp3) is 0.387. The predicted molar refractivity (Wildman–Crippen MR) is 149 cm³/mol. The van der Waals surface area contributed by atoms with E-state index in [9.17, 15) is 19.5 Å². The van der Waals surface area contributed by atoms with Gasteiger partial charge in [-0.3, -0.25) is 14.4 Å². The molecule has 2 amide bonds. The molecule has 0 spiro atoms. The van der Waals surface area contributed by atoms with E-state index in [4.69, 9.17) is 4.74 Å². The Labute approximate surface area is 226 Å². The molecule has 0 saturated heterocycles. The van der Waals surface area contributed by atoms with Gasteiger partial charge in [0, 0.05) is 25.9 Å². The van der Waals surface area contributed by atoms with Crippen LogP contribution >= 0.6 is 0 Å². The fourth-order valence-corrected chi connectivity index (χ4v) is 4.04. The van der Waals surface area contributed by atoms with Gasteiger partial charge in [-0.05, 0) is 36.8 Å². The SMILES string of the molecule is C=CCCCCC(=O)OCC(NC(=O)C(CC=C)CC(=O)N(CCO)Cc1ccccc1)c1ccccc1. The summed E-state index contributed by atoms with van der Waals surface area (Å²) in [5.74, 6) is -1.52. The lowest BCUT2D eigenvalue weighted by molar-refractivity contribution is -0.145. The Kier molecular flexibility index (Phi) is 14.2. The molecule has 0 heterocycles. The van der Waals surface area contributed by atoms with Crippen molar-refractivity contribution >= 4 is 17.8 Å². The molecule has 7 nitrogen and oxygen atoms in total. The molecule has 0 aliphatic carbocycles. The lowest BCUT2D eigenvalue weighted by atomic mass is 9.98. The Morgan fingerprint density at radius 3 is 2.29 bits per heavy atom. The number of rotatable bonds is 18. The lowest BCUT2D eigenvalue weighted by Gasteiger charge is -2.26. The Bertz CT molecular complexity index is 1010. The van der Waals surface area contributed by atoms with Crippen molar-refractivity contribution in [3.63, 3.8) is 0 Å². The summed E-state index contributed by atoms with van der Waals surface area (Å²) in [6.45, 7) is 7.78. The number of carbonyl (C=O) groups excluding carboxylic acids is 3. The fourth-order valence-electron chi connectivity index (χ4n) is 4.04. The van der Waals surface area contributed by atoms with Crippen molar-refractivity contribution in [2.45, 2.75) is 51.1 Å². The maximum Gasteiger partial charge on any atom is 0.305 e. The first-order valence-electron chi connectivity index (χ1n) is 13.1. The summed E-state index contributed by atoms with van der Waals surface area (Å²) in [7, 11) is 0. The highest BCUT2D eigenvalue weighted by molar-refractivity contribution is 5.86. The van der Waals surface area contributed by atoms with Gasteiger partial charge in [0.25, 0.3) is 0 Å². The van der Waals surface area contributed by atoms with Gasteiger partial charge < -0.3 is 20.1 Å². The van der Waals surface area contributed by atoms with Crippen LogP contribution in [0.5, 0.6) is 0 Å². The van der Waals surface area contributed by atoms with Crippen LogP contribution in [0.25, 0.3) is 0 Å². The van der Waals surface area contributed by atoms with E-state index in [1.165, 1.54) is 0 Å². The number of hydrogen-bond acceptors (Lipinski definition) is 5. The van der Waals surface area contributed by atoms with E-state index in [1.54, 1.807) is 11.0 Å². The van der Waals surface area contributed by atoms with Crippen LogP contribution in [-0.2, 0) is 25.7 Å². The Morgan fingerprint density at radius 2 is 1.66 bits per heavy atom. The van der Waals surface area contributed by atoms with Crippen LogP contribution in [0.4, 0.5) is 0 Å². The molecule has 2 aromatic rings. The van der Waals surface area contributed by atoms with E-state index >= 15 is 0 Å². The summed E-state index contributed by atoms with van der Waals surface area (Å²) in [5, 5.41) is 12.5. The summed E-state index contributed by atoms with van der Waals surface area (Å²) < 4.78 is 5.49. The predicted octanol–water partition coefficient (Wildman–Crippen LogP) is 4.74. The molecular weight excluding hydrogens is 480 g/mol. The zero-order valence-corrected chi connectivity index (χ0v) is 22.1. The molecule has 7 heteroatoms. The van der Waals surface area contributed by atoms with Crippen molar-refractivity contribution in [1.82, 2.24) is 10.2 Å². The van der Waals surface area contributed by atoms with Crippen molar-refractivity contribution in [1.29, 1.82) is 0 Å². The van der Waals surface area contributed by atoms with Gasteiger partial charge in [-0.15, -0.1) is 13.2 Å². The summed E-state index contributed by atoms with van der Waals surface area (Å²) >= 11 is 0. The van der Waals surface area contributed by atoms with Gasteiger partial charge in [0.05, 0.1) is 18.6 Å². The molecule has 0 saturated carbocycles. The van der Waals surface area contributed by atoms with Gasteiger partial charge in [-0.1, -0.05) is 72.8 Å². The van der Waals surface area contributed by atoms with Gasteiger partial charge in [0.2, 0.25) is 11.8 Å². The molecule has 38 heavy (non-hydrogen) atoms. The van der Waals surface area contributed by atoms with Crippen LogP contribution in [0.15, 0.2) is 86.0 Å². The molecule has 2 aromatic carbocycles. The molecule has 0 aromatic heterocycles. The average Bonchev–Trinajstić information content (AvgIpc) is 2.93. The van der Waals surface area contributed by atoms with Gasteiger partial charge in [0.15, 0.2) is 0 Å². The van der Waals surface area contributed by atoms with Crippen LogP contribution in [0.1, 0.15) is 55.7 Å². The minimum absolute atomic E-state index is 0.00452. The maximum absolute atomic E-state index is 13.4. The largest absolute Gasteiger partial charge is 0.463 e. The van der Waals surface area contributed by atoms with Crippen molar-refractivity contribution in [3.8, 4) is 0 Å². The summed E-state index contributed by atoms with van der Waals surface area (Å²) in [5.41, 5.74) is 1.74. The van der Waals surface area contributed by atoms with Gasteiger partial charge in [0.1, 0.15) is 6.61 Å². The van der Waals surface area contributed by atoms with E-state index < -0.39 is 12.0 Å². The number of nitrogens with one attached hydrogen (secondary N) is 1. The number of benzene rings is 2. The second kappa shape index (κ2) is 17.7. The number of amides is 2. The molecule has 0 radical (unpaired) electrons. The molecular formula is C31H40N2O5. The van der Waals surface area contributed by atoms with Crippen molar-refractivity contribution in [2.75, 3.05) is 19.8 Å². The van der Waals surface area contributed by atoms with E-state index in [-0.39, 0.29) is 44.0 Å². The Balaban J connectivity index is 2.07. The standard InChI is InChI=1S/C31H40N2O5/c1-3-5-6-13-19-30(36)38-24-28(26-17-11-8-12-18-26)32-31(37)27(14-4-2)22-29(35)33(20-21-34)23-25-15-9-7-10-16-25/h3-4,7-12,15-18,27-28,34H,1-2,5-6,13-14,19-24H2,(H,32,37). The maximum atomic E-state index is 13.4. The lowest BCUT2D eigenvalue weighted by Crippen LogP contribution is -2.40. The molecule has 0 aliphatic heterocycles. The van der Waals surface area contributed by atoms with E-state index in [0.29, 0.717) is 25.8 Å². The normalized spacial score (nSPS) is 12.1. The number of aliphatic hydroxyl groups is 1. The quantitative estimate of drug-likeness (QED) is 0.168. The topological polar surface area (TPSA) is 95.9 Å². The van der Waals surface area contributed by atoms with Crippen LogP contribution in [0, 0.1) is 5.92 Å². The third kappa shape index (κ3) is 11.1. The van der Waals surface area contributed by atoms with E-state index in [2.05, 4.69) is 18.5 Å². The van der Waals surface area contributed by atoms with Crippen molar-refractivity contribution < 1.29 is 24.2 Å². The number of ether oxygens (including phenoxy) is 1. The summed E-state index contributed by atoms with van der Waals surface area (Å²) in [6, 6.07) is 18.3. The number of hydrogen-bond donors (Lipinski definition) is 2. The number of allylic oxidation sites excluding steroid dienone is 2. The first kappa shape index (κ1) is 30.5. The van der Waals surface area contributed by atoms with Crippen LogP contribution in [0.3, 0.4) is 0 Å².